The number of carbonyl (C=O) groups excluding carboxylic acids is 1. The topological polar surface area (TPSA) is 72.9 Å². The zero-order chi connectivity index (χ0) is 15.3. The summed E-state index contributed by atoms with van der Waals surface area (Å²) in [6, 6.07) is -0.438. The first kappa shape index (κ1) is 16.7. The minimum Gasteiger partial charge on any atom is -0.350 e. The van der Waals surface area contributed by atoms with Crippen molar-refractivity contribution in [1.82, 2.24) is 14.9 Å². The summed E-state index contributed by atoms with van der Waals surface area (Å²) < 4.78 is 1.98. The van der Waals surface area contributed by atoms with Crippen LogP contribution in [0.2, 0.25) is 0 Å². The highest BCUT2D eigenvalue weighted by molar-refractivity contribution is 5.82. The highest BCUT2D eigenvalue weighted by Crippen LogP contribution is 2.21. The number of nitrogens with zero attached hydrogens (tertiary/aromatic N) is 2. The van der Waals surface area contributed by atoms with Gasteiger partial charge in [0, 0.05) is 18.9 Å². The maximum absolute atomic E-state index is 12.3. The molecule has 0 bridgehead atoms. The van der Waals surface area contributed by atoms with Crippen molar-refractivity contribution < 1.29 is 4.79 Å². The summed E-state index contributed by atoms with van der Waals surface area (Å²) in [5, 5.41) is 3.10. The summed E-state index contributed by atoms with van der Waals surface area (Å²) in [6.45, 7) is 11.1. The van der Waals surface area contributed by atoms with E-state index < -0.39 is 6.04 Å². The first-order valence-electron chi connectivity index (χ1n) is 7.27. The second kappa shape index (κ2) is 6.88. The van der Waals surface area contributed by atoms with E-state index in [1.807, 2.05) is 24.6 Å². The van der Waals surface area contributed by atoms with Crippen LogP contribution in [0.5, 0.6) is 0 Å². The SMILES string of the molecule is CCC(C)C(N)C(=O)NC(Cn1ccnc1)C(C)(C)C. The van der Waals surface area contributed by atoms with E-state index >= 15 is 0 Å². The Bertz CT molecular complexity index is 408. The quantitative estimate of drug-likeness (QED) is 0.834. The van der Waals surface area contributed by atoms with Crippen LogP contribution < -0.4 is 11.1 Å². The normalized spacial score (nSPS) is 16.5. The standard InChI is InChI=1S/C15H28N4O/c1-6-11(2)13(16)14(20)18-12(15(3,4)5)9-19-8-7-17-10-19/h7-8,10-13H,6,9,16H2,1-5H3,(H,18,20). The number of rotatable bonds is 6. The number of carbonyl (C=O) groups is 1. The van der Waals surface area contributed by atoms with Crippen LogP contribution in [0.15, 0.2) is 18.7 Å². The van der Waals surface area contributed by atoms with Gasteiger partial charge in [-0.05, 0) is 11.3 Å². The molecule has 3 atom stereocenters. The molecule has 3 N–H and O–H groups in total. The Morgan fingerprint density at radius 1 is 1.45 bits per heavy atom. The summed E-state index contributed by atoms with van der Waals surface area (Å²) in [4.78, 5) is 16.3. The van der Waals surface area contributed by atoms with Crippen molar-refractivity contribution in [3.63, 3.8) is 0 Å². The fourth-order valence-corrected chi connectivity index (χ4v) is 1.92. The highest BCUT2D eigenvalue weighted by Gasteiger charge is 2.29. The number of nitrogens with one attached hydrogen (secondary N) is 1. The van der Waals surface area contributed by atoms with Gasteiger partial charge in [-0.25, -0.2) is 4.98 Å². The predicted octanol–water partition coefficient (Wildman–Crippen LogP) is 1.79. The van der Waals surface area contributed by atoms with E-state index in [0.717, 1.165) is 6.42 Å². The lowest BCUT2D eigenvalue weighted by atomic mass is 9.86. The lowest BCUT2D eigenvalue weighted by Crippen LogP contribution is -2.53. The van der Waals surface area contributed by atoms with E-state index in [0.29, 0.717) is 6.54 Å². The molecule has 0 aliphatic carbocycles. The molecular weight excluding hydrogens is 252 g/mol. The van der Waals surface area contributed by atoms with E-state index in [2.05, 4.69) is 31.1 Å². The van der Waals surface area contributed by atoms with Gasteiger partial charge in [-0.15, -0.1) is 0 Å². The molecule has 0 spiro atoms. The first-order valence-corrected chi connectivity index (χ1v) is 7.27. The minimum absolute atomic E-state index is 0.0132. The molecule has 1 rings (SSSR count). The van der Waals surface area contributed by atoms with Crippen LogP contribution in [0.25, 0.3) is 0 Å². The fraction of sp³-hybridized carbons (Fsp3) is 0.733. The number of imidazole rings is 1. The van der Waals surface area contributed by atoms with Gasteiger partial charge in [0.25, 0.3) is 0 Å². The van der Waals surface area contributed by atoms with Crippen LogP contribution >= 0.6 is 0 Å². The molecule has 20 heavy (non-hydrogen) atoms. The molecule has 3 unspecified atom stereocenters. The van der Waals surface area contributed by atoms with Crippen molar-refractivity contribution in [2.75, 3.05) is 0 Å². The van der Waals surface area contributed by atoms with Gasteiger partial charge < -0.3 is 15.6 Å². The fourth-order valence-electron chi connectivity index (χ4n) is 1.92. The number of hydrogen-bond donors (Lipinski definition) is 2. The molecule has 0 fully saturated rings. The molecule has 0 radical (unpaired) electrons. The number of amides is 1. The number of hydrogen-bond acceptors (Lipinski definition) is 3. The molecule has 0 saturated heterocycles. The first-order chi connectivity index (χ1) is 9.25. The lowest BCUT2D eigenvalue weighted by molar-refractivity contribution is -0.125. The maximum Gasteiger partial charge on any atom is 0.237 e. The van der Waals surface area contributed by atoms with E-state index in [9.17, 15) is 4.79 Å². The zero-order valence-corrected chi connectivity index (χ0v) is 13.3. The molecule has 114 valence electrons. The smallest absolute Gasteiger partial charge is 0.237 e. The van der Waals surface area contributed by atoms with Gasteiger partial charge in [0.2, 0.25) is 5.91 Å². The van der Waals surface area contributed by atoms with Crippen LogP contribution in [0, 0.1) is 11.3 Å². The molecule has 0 aliphatic heterocycles. The Morgan fingerprint density at radius 3 is 2.55 bits per heavy atom. The Kier molecular flexibility index (Phi) is 5.74. The Labute approximate surface area is 122 Å². The van der Waals surface area contributed by atoms with Gasteiger partial charge >= 0.3 is 0 Å². The summed E-state index contributed by atoms with van der Waals surface area (Å²) in [6.07, 6.45) is 6.31. The molecular formula is C15H28N4O. The minimum atomic E-state index is -0.451. The Hall–Kier alpha value is -1.36. The average molecular weight is 280 g/mol. The van der Waals surface area contributed by atoms with Crippen LogP contribution in [0.3, 0.4) is 0 Å². The van der Waals surface area contributed by atoms with Gasteiger partial charge in [-0.2, -0.15) is 0 Å². The second-order valence-corrected chi connectivity index (χ2v) is 6.60. The summed E-state index contributed by atoms with van der Waals surface area (Å²) in [7, 11) is 0. The largest absolute Gasteiger partial charge is 0.350 e. The van der Waals surface area contributed by atoms with Crippen molar-refractivity contribution in [3.8, 4) is 0 Å². The summed E-state index contributed by atoms with van der Waals surface area (Å²) in [5.74, 6) is 0.114. The average Bonchev–Trinajstić information content (AvgIpc) is 2.87. The molecule has 5 heteroatoms. The van der Waals surface area contributed by atoms with Crippen molar-refractivity contribution >= 4 is 5.91 Å². The van der Waals surface area contributed by atoms with Crippen LogP contribution in [-0.4, -0.2) is 27.5 Å². The molecule has 1 aromatic heterocycles. The zero-order valence-electron chi connectivity index (χ0n) is 13.3. The molecule has 0 aromatic carbocycles. The molecule has 1 heterocycles. The van der Waals surface area contributed by atoms with Gasteiger partial charge in [-0.1, -0.05) is 41.0 Å². The maximum atomic E-state index is 12.3. The van der Waals surface area contributed by atoms with Crippen molar-refractivity contribution in [2.45, 2.75) is 59.7 Å². The molecule has 0 aliphatic rings. The summed E-state index contributed by atoms with van der Waals surface area (Å²) in [5.41, 5.74) is 5.96. The third-order valence-electron chi connectivity index (χ3n) is 3.87. The number of nitrogens with two attached hydrogens (primary N) is 1. The van der Waals surface area contributed by atoms with E-state index in [-0.39, 0.29) is 23.3 Å². The van der Waals surface area contributed by atoms with Crippen molar-refractivity contribution in [3.05, 3.63) is 18.7 Å². The highest BCUT2D eigenvalue weighted by atomic mass is 16.2. The van der Waals surface area contributed by atoms with E-state index in [1.54, 1.807) is 12.5 Å². The summed E-state index contributed by atoms with van der Waals surface area (Å²) >= 11 is 0. The molecule has 1 aromatic rings. The second-order valence-electron chi connectivity index (χ2n) is 6.60. The molecule has 0 saturated carbocycles. The van der Waals surface area contributed by atoms with Crippen LogP contribution in [0.1, 0.15) is 41.0 Å². The van der Waals surface area contributed by atoms with E-state index in [1.165, 1.54) is 0 Å². The lowest BCUT2D eigenvalue weighted by Gasteiger charge is -2.33. The molecule has 1 amide bonds. The third kappa shape index (κ3) is 4.63. The van der Waals surface area contributed by atoms with Gasteiger partial charge in [0.05, 0.1) is 18.4 Å². The Morgan fingerprint density at radius 2 is 2.10 bits per heavy atom. The molecule has 5 nitrogen and oxygen atoms in total. The van der Waals surface area contributed by atoms with Gasteiger partial charge in [-0.3, -0.25) is 4.79 Å². The van der Waals surface area contributed by atoms with Crippen LogP contribution in [0.4, 0.5) is 0 Å². The van der Waals surface area contributed by atoms with E-state index in [4.69, 9.17) is 5.73 Å². The predicted molar refractivity (Wildman–Crippen MR) is 81.0 cm³/mol. The third-order valence-corrected chi connectivity index (χ3v) is 3.87. The van der Waals surface area contributed by atoms with Crippen LogP contribution in [-0.2, 0) is 11.3 Å². The monoisotopic (exact) mass is 280 g/mol. The van der Waals surface area contributed by atoms with Gasteiger partial charge in [0.1, 0.15) is 0 Å². The van der Waals surface area contributed by atoms with Gasteiger partial charge in [0.15, 0.2) is 0 Å². The van der Waals surface area contributed by atoms with Crippen molar-refractivity contribution in [2.24, 2.45) is 17.1 Å². The Balaban J connectivity index is 2.73. The number of aromatic nitrogens is 2. The van der Waals surface area contributed by atoms with Crippen molar-refractivity contribution in [1.29, 1.82) is 0 Å².